The van der Waals surface area contributed by atoms with Gasteiger partial charge >= 0.3 is 0 Å². The molecule has 1 aliphatic heterocycles. The molecule has 3 heteroatoms. The molecule has 1 unspecified atom stereocenters. The van der Waals surface area contributed by atoms with Gasteiger partial charge in [-0.05, 0) is 49.3 Å². The highest BCUT2D eigenvalue weighted by Crippen LogP contribution is 2.22. The van der Waals surface area contributed by atoms with Crippen molar-refractivity contribution in [2.24, 2.45) is 5.92 Å². The highest BCUT2D eigenvalue weighted by Gasteiger charge is 2.18. The first-order chi connectivity index (χ1) is 8.78. The summed E-state index contributed by atoms with van der Waals surface area (Å²) in [5, 5.41) is 10.1. The number of ether oxygens (including phenoxy) is 2. The van der Waals surface area contributed by atoms with E-state index in [2.05, 4.69) is 0 Å². The summed E-state index contributed by atoms with van der Waals surface area (Å²) in [4.78, 5) is 0. The first kappa shape index (κ1) is 13.4. The van der Waals surface area contributed by atoms with Crippen LogP contribution in [0.5, 0.6) is 5.75 Å². The fourth-order valence-electron chi connectivity index (χ4n) is 2.52. The predicted octanol–water partition coefficient (Wildman–Crippen LogP) is 2.42. The van der Waals surface area contributed by atoms with Crippen LogP contribution in [0, 0.1) is 5.92 Å². The molecular formula is C15H22O3. The van der Waals surface area contributed by atoms with Crippen LogP contribution in [0.1, 0.15) is 24.8 Å². The Labute approximate surface area is 109 Å². The Balaban J connectivity index is 1.83. The maximum atomic E-state index is 10.1. The van der Waals surface area contributed by atoms with Gasteiger partial charge in [0.25, 0.3) is 0 Å². The molecule has 18 heavy (non-hydrogen) atoms. The van der Waals surface area contributed by atoms with Crippen LogP contribution in [0.25, 0.3) is 0 Å². The third-order valence-corrected chi connectivity index (χ3v) is 3.55. The van der Waals surface area contributed by atoms with Crippen LogP contribution in [0.2, 0.25) is 0 Å². The second-order valence-corrected chi connectivity index (χ2v) is 5.00. The van der Waals surface area contributed by atoms with Crippen LogP contribution in [0.4, 0.5) is 0 Å². The van der Waals surface area contributed by atoms with Gasteiger partial charge in [-0.3, -0.25) is 0 Å². The monoisotopic (exact) mass is 250 g/mol. The van der Waals surface area contributed by atoms with Crippen molar-refractivity contribution >= 4 is 0 Å². The summed E-state index contributed by atoms with van der Waals surface area (Å²) >= 11 is 0. The van der Waals surface area contributed by atoms with Crippen molar-refractivity contribution in [1.29, 1.82) is 0 Å². The van der Waals surface area contributed by atoms with E-state index in [4.69, 9.17) is 9.47 Å². The molecule has 2 rings (SSSR count). The van der Waals surface area contributed by atoms with Crippen LogP contribution < -0.4 is 4.74 Å². The molecule has 100 valence electrons. The molecule has 1 saturated heterocycles. The summed E-state index contributed by atoms with van der Waals surface area (Å²) in [7, 11) is 1.66. The average Bonchev–Trinajstić information content (AvgIpc) is 2.40. The molecular weight excluding hydrogens is 228 g/mol. The molecule has 0 bridgehead atoms. The van der Waals surface area contributed by atoms with E-state index >= 15 is 0 Å². The molecule has 1 fully saturated rings. The Morgan fingerprint density at radius 3 is 2.89 bits per heavy atom. The summed E-state index contributed by atoms with van der Waals surface area (Å²) in [5.41, 5.74) is 1.13. The van der Waals surface area contributed by atoms with Crippen molar-refractivity contribution in [2.45, 2.75) is 31.8 Å². The Morgan fingerprint density at radius 1 is 1.39 bits per heavy atom. The smallest absolute Gasteiger partial charge is 0.119 e. The maximum absolute atomic E-state index is 10.1. The molecule has 0 spiro atoms. The number of aliphatic hydroxyl groups is 1. The van der Waals surface area contributed by atoms with Crippen molar-refractivity contribution in [3.8, 4) is 5.75 Å². The van der Waals surface area contributed by atoms with Crippen LogP contribution in [-0.2, 0) is 11.2 Å². The van der Waals surface area contributed by atoms with Gasteiger partial charge in [0, 0.05) is 13.2 Å². The van der Waals surface area contributed by atoms with E-state index in [9.17, 15) is 5.11 Å². The number of hydrogen-bond acceptors (Lipinski definition) is 3. The minimum Gasteiger partial charge on any atom is -0.497 e. The molecule has 0 aliphatic carbocycles. The first-order valence-corrected chi connectivity index (χ1v) is 6.66. The second kappa shape index (κ2) is 6.76. The highest BCUT2D eigenvalue weighted by atomic mass is 16.5. The van der Waals surface area contributed by atoms with Crippen molar-refractivity contribution < 1.29 is 14.6 Å². The van der Waals surface area contributed by atoms with E-state index in [1.165, 1.54) is 0 Å². The molecule has 3 nitrogen and oxygen atoms in total. The minimum atomic E-state index is -0.264. The fourth-order valence-corrected chi connectivity index (χ4v) is 2.52. The topological polar surface area (TPSA) is 38.7 Å². The lowest BCUT2D eigenvalue weighted by molar-refractivity contribution is 0.0439. The minimum absolute atomic E-state index is 0.264. The zero-order chi connectivity index (χ0) is 12.8. The van der Waals surface area contributed by atoms with Crippen LogP contribution >= 0.6 is 0 Å². The summed E-state index contributed by atoms with van der Waals surface area (Å²) < 4.78 is 10.5. The molecule has 1 atom stereocenters. The lowest BCUT2D eigenvalue weighted by atomic mass is 9.91. The van der Waals surface area contributed by atoms with E-state index in [0.29, 0.717) is 12.3 Å². The third kappa shape index (κ3) is 4.00. The van der Waals surface area contributed by atoms with Crippen LogP contribution in [0.15, 0.2) is 24.3 Å². The van der Waals surface area contributed by atoms with Gasteiger partial charge in [0.2, 0.25) is 0 Å². The molecule has 0 amide bonds. The van der Waals surface area contributed by atoms with Gasteiger partial charge in [-0.2, -0.15) is 0 Å². The average molecular weight is 250 g/mol. The molecule has 1 aromatic carbocycles. The molecule has 1 aliphatic rings. The van der Waals surface area contributed by atoms with Gasteiger partial charge in [-0.15, -0.1) is 0 Å². The van der Waals surface area contributed by atoms with Gasteiger partial charge in [0.1, 0.15) is 5.75 Å². The molecule has 1 aromatic rings. The van der Waals surface area contributed by atoms with Gasteiger partial charge in [0.15, 0.2) is 0 Å². The first-order valence-electron chi connectivity index (χ1n) is 6.66. The number of benzene rings is 1. The van der Waals surface area contributed by atoms with Crippen LogP contribution in [0.3, 0.4) is 0 Å². The Hall–Kier alpha value is -1.06. The van der Waals surface area contributed by atoms with Crippen molar-refractivity contribution in [3.05, 3.63) is 29.8 Å². The predicted molar refractivity (Wildman–Crippen MR) is 70.9 cm³/mol. The number of hydrogen-bond donors (Lipinski definition) is 1. The van der Waals surface area contributed by atoms with E-state index < -0.39 is 0 Å². The third-order valence-electron chi connectivity index (χ3n) is 3.55. The number of aliphatic hydroxyl groups excluding tert-OH is 1. The summed E-state index contributed by atoms with van der Waals surface area (Å²) in [6.07, 6.45) is 3.47. The zero-order valence-corrected chi connectivity index (χ0v) is 11.0. The highest BCUT2D eigenvalue weighted by molar-refractivity contribution is 5.28. The quantitative estimate of drug-likeness (QED) is 0.872. The van der Waals surface area contributed by atoms with Crippen molar-refractivity contribution in [1.82, 2.24) is 0 Å². The fraction of sp³-hybridized carbons (Fsp3) is 0.600. The molecule has 0 radical (unpaired) electrons. The molecule has 0 saturated carbocycles. The van der Waals surface area contributed by atoms with E-state index in [1.54, 1.807) is 7.11 Å². The summed E-state index contributed by atoms with van der Waals surface area (Å²) in [6.45, 7) is 1.69. The maximum Gasteiger partial charge on any atom is 0.119 e. The van der Waals surface area contributed by atoms with Crippen molar-refractivity contribution in [2.75, 3.05) is 20.3 Å². The van der Waals surface area contributed by atoms with Crippen molar-refractivity contribution in [3.63, 3.8) is 0 Å². The van der Waals surface area contributed by atoms with E-state index in [-0.39, 0.29) is 6.10 Å². The zero-order valence-electron chi connectivity index (χ0n) is 11.0. The Bertz CT molecular complexity index is 359. The second-order valence-electron chi connectivity index (χ2n) is 5.00. The lowest BCUT2D eigenvalue weighted by Crippen LogP contribution is -2.22. The standard InChI is InChI=1S/C15H22O3/c1-17-15-4-2-3-13(11-15)10-14(16)9-12-5-7-18-8-6-12/h2-4,11-12,14,16H,5-10H2,1H3. The van der Waals surface area contributed by atoms with E-state index in [1.807, 2.05) is 24.3 Å². The largest absolute Gasteiger partial charge is 0.497 e. The van der Waals surface area contributed by atoms with Gasteiger partial charge < -0.3 is 14.6 Å². The number of methoxy groups -OCH3 is 1. The van der Waals surface area contributed by atoms with Gasteiger partial charge in [-0.1, -0.05) is 12.1 Å². The number of rotatable bonds is 5. The molecule has 0 aromatic heterocycles. The lowest BCUT2D eigenvalue weighted by Gasteiger charge is -2.24. The molecule has 1 N–H and O–H groups in total. The SMILES string of the molecule is COc1cccc(CC(O)CC2CCOCC2)c1. The summed E-state index contributed by atoms with van der Waals surface area (Å²) in [5.74, 6) is 1.46. The Morgan fingerprint density at radius 2 is 2.17 bits per heavy atom. The van der Waals surface area contributed by atoms with Gasteiger partial charge in [0.05, 0.1) is 13.2 Å². The molecule has 1 heterocycles. The summed E-state index contributed by atoms with van der Waals surface area (Å²) in [6, 6.07) is 7.92. The normalized spacial score (nSPS) is 18.6. The van der Waals surface area contributed by atoms with Crippen LogP contribution in [-0.4, -0.2) is 31.5 Å². The van der Waals surface area contributed by atoms with E-state index in [0.717, 1.165) is 43.8 Å². The van der Waals surface area contributed by atoms with Gasteiger partial charge in [-0.25, -0.2) is 0 Å². The Kier molecular flexibility index (Phi) is 5.02.